The smallest absolute Gasteiger partial charge is 0.257 e. The van der Waals surface area contributed by atoms with E-state index in [-0.39, 0.29) is 10.6 Å². The number of benzene rings is 2. The molecule has 2 amide bonds. The van der Waals surface area contributed by atoms with Crippen LogP contribution in [-0.2, 0) is 4.79 Å². The van der Waals surface area contributed by atoms with Crippen LogP contribution in [0.1, 0.15) is 21.8 Å². The summed E-state index contributed by atoms with van der Waals surface area (Å²) >= 11 is 31.1. The van der Waals surface area contributed by atoms with Crippen LogP contribution in [0.3, 0.4) is 0 Å². The Morgan fingerprint density at radius 1 is 0.906 bits per heavy atom. The maximum atomic E-state index is 12.9. The van der Waals surface area contributed by atoms with Crippen LogP contribution in [-0.4, -0.2) is 21.1 Å². The molecule has 32 heavy (non-hydrogen) atoms. The molecule has 2 atom stereocenters. The van der Waals surface area contributed by atoms with Crippen molar-refractivity contribution < 1.29 is 9.59 Å². The van der Waals surface area contributed by atoms with E-state index in [1.807, 2.05) is 0 Å². The Hall–Kier alpha value is -2.02. The fourth-order valence-corrected chi connectivity index (χ4v) is 5.03. The van der Waals surface area contributed by atoms with E-state index in [0.717, 1.165) is 0 Å². The molecule has 0 saturated heterocycles. The average molecular weight is 530 g/mol. The maximum absolute atomic E-state index is 12.9. The minimum Gasteiger partial charge on any atom is -0.326 e. The van der Waals surface area contributed by atoms with Crippen LogP contribution in [0.5, 0.6) is 0 Å². The van der Waals surface area contributed by atoms with Crippen molar-refractivity contribution in [3.8, 4) is 0 Å². The molecule has 0 bridgehead atoms. The van der Waals surface area contributed by atoms with Crippen molar-refractivity contribution in [2.75, 3.05) is 10.6 Å². The number of carbonyl (C=O) groups excluding carboxylic acids is 2. The first-order chi connectivity index (χ1) is 15.2. The fraction of sp³-hybridized carbons (Fsp3) is 0.136. The van der Waals surface area contributed by atoms with Crippen molar-refractivity contribution in [1.29, 1.82) is 0 Å². The number of aromatic nitrogens is 1. The van der Waals surface area contributed by atoms with E-state index in [2.05, 4.69) is 15.6 Å². The molecule has 1 aliphatic rings. The molecule has 1 saturated carbocycles. The molecule has 1 aromatic heterocycles. The predicted octanol–water partition coefficient (Wildman–Crippen LogP) is 6.82. The number of alkyl halides is 2. The van der Waals surface area contributed by atoms with Crippen molar-refractivity contribution in [3.63, 3.8) is 0 Å². The van der Waals surface area contributed by atoms with E-state index in [4.69, 9.17) is 58.0 Å². The van der Waals surface area contributed by atoms with Gasteiger partial charge in [-0.2, -0.15) is 0 Å². The largest absolute Gasteiger partial charge is 0.326 e. The normalized spacial score (nSPS) is 18.7. The number of hydrogen-bond acceptors (Lipinski definition) is 3. The first kappa shape index (κ1) is 23.1. The van der Waals surface area contributed by atoms with Gasteiger partial charge in [-0.05, 0) is 54.1 Å². The van der Waals surface area contributed by atoms with Crippen molar-refractivity contribution in [2.24, 2.45) is 5.92 Å². The summed E-state index contributed by atoms with van der Waals surface area (Å²) < 4.78 is -1.31. The van der Waals surface area contributed by atoms with Crippen molar-refractivity contribution in [2.45, 2.75) is 10.3 Å². The van der Waals surface area contributed by atoms with Crippen LogP contribution in [0.15, 0.2) is 60.9 Å². The standard InChI is InChI=1S/C22H14Cl5N3O2/c23-12-6-11(7-13(24)8-12)18-19(22(18,26)27)21(32)29-14-3-4-17(25)16(9-14)20(31)30-15-2-1-5-28-10-15/h1-10,18-19H,(H,29,32)(H,30,31). The Morgan fingerprint density at radius 2 is 1.62 bits per heavy atom. The van der Waals surface area contributed by atoms with Crippen molar-refractivity contribution in [3.05, 3.63) is 87.1 Å². The Kier molecular flexibility index (Phi) is 6.57. The number of carbonyl (C=O) groups is 2. The second-order valence-electron chi connectivity index (χ2n) is 7.21. The van der Waals surface area contributed by atoms with Gasteiger partial charge in [-0.15, -0.1) is 23.2 Å². The summed E-state index contributed by atoms with van der Waals surface area (Å²) in [7, 11) is 0. The monoisotopic (exact) mass is 527 g/mol. The first-order valence-corrected chi connectivity index (χ1v) is 11.2. The van der Waals surface area contributed by atoms with Crippen LogP contribution in [0.4, 0.5) is 11.4 Å². The molecule has 2 N–H and O–H groups in total. The van der Waals surface area contributed by atoms with Crippen LogP contribution < -0.4 is 10.6 Å². The highest BCUT2D eigenvalue weighted by molar-refractivity contribution is 6.53. The second kappa shape index (κ2) is 9.08. The van der Waals surface area contributed by atoms with E-state index in [1.54, 1.807) is 42.6 Å². The second-order valence-corrected chi connectivity index (χ2v) is 9.94. The predicted molar refractivity (Wildman–Crippen MR) is 129 cm³/mol. The van der Waals surface area contributed by atoms with Crippen LogP contribution in [0.2, 0.25) is 15.1 Å². The minimum atomic E-state index is -1.31. The number of nitrogens with one attached hydrogen (secondary N) is 2. The Labute approximate surface area is 209 Å². The van der Waals surface area contributed by atoms with E-state index < -0.39 is 28.0 Å². The zero-order valence-corrected chi connectivity index (χ0v) is 19.9. The van der Waals surface area contributed by atoms with E-state index in [1.165, 1.54) is 18.3 Å². The first-order valence-electron chi connectivity index (χ1n) is 9.32. The number of nitrogens with zero attached hydrogens (tertiary/aromatic N) is 1. The highest BCUT2D eigenvalue weighted by atomic mass is 35.5. The Bertz CT molecular complexity index is 1180. The molecule has 0 aliphatic heterocycles. The summed E-state index contributed by atoms with van der Waals surface area (Å²) in [5.74, 6) is -2.07. The van der Waals surface area contributed by atoms with Gasteiger partial charge in [-0.1, -0.05) is 34.8 Å². The summed E-state index contributed by atoms with van der Waals surface area (Å²) in [6, 6.07) is 12.9. The summed E-state index contributed by atoms with van der Waals surface area (Å²) in [4.78, 5) is 29.5. The molecule has 4 rings (SSSR count). The molecule has 5 nitrogen and oxygen atoms in total. The molecule has 0 spiro atoms. The molecule has 1 fully saturated rings. The highest BCUT2D eigenvalue weighted by Crippen LogP contribution is 2.65. The summed E-state index contributed by atoms with van der Waals surface area (Å²) in [6.07, 6.45) is 3.10. The van der Waals surface area contributed by atoms with Gasteiger partial charge in [0.1, 0.15) is 4.33 Å². The number of anilines is 2. The summed E-state index contributed by atoms with van der Waals surface area (Å²) in [6.45, 7) is 0. The van der Waals surface area contributed by atoms with E-state index in [9.17, 15) is 9.59 Å². The quantitative estimate of drug-likeness (QED) is 0.356. The Morgan fingerprint density at radius 3 is 2.28 bits per heavy atom. The Balaban J connectivity index is 1.51. The number of amides is 2. The van der Waals surface area contributed by atoms with Gasteiger partial charge in [-0.25, -0.2) is 0 Å². The topological polar surface area (TPSA) is 71.1 Å². The SMILES string of the molecule is O=C(Nc1cccnc1)c1cc(NC(=O)C2C(c3cc(Cl)cc(Cl)c3)C2(Cl)Cl)ccc1Cl. The van der Waals surface area contributed by atoms with Crippen molar-refractivity contribution in [1.82, 2.24) is 4.98 Å². The highest BCUT2D eigenvalue weighted by Gasteiger charge is 2.67. The van der Waals surface area contributed by atoms with Gasteiger partial charge >= 0.3 is 0 Å². The lowest BCUT2D eigenvalue weighted by molar-refractivity contribution is -0.117. The van der Waals surface area contributed by atoms with Gasteiger partial charge in [0, 0.05) is 27.8 Å². The maximum Gasteiger partial charge on any atom is 0.257 e. The number of halogens is 5. The van der Waals surface area contributed by atoms with Crippen LogP contribution in [0, 0.1) is 5.92 Å². The van der Waals surface area contributed by atoms with Gasteiger partial charge in [0.25, 0.3) is 5.91 Å². The molecule has 1 heterocycles. The number of hydrogen-bond donors (Lipinski definition) is 2. The lowest BCUT2D eigenvalue weighted by atomic mass is 10.1. The molecule has 164 valence electrons. The van der Waals surface area contributed by atoms with Gasteiger partial charge in [0.15, 0.2) is 0 Å². The molecule has 10 heteroatoms. The summed E-state index contributed by atoms with van der Waals surface area (Å²) in [5, 5.41) is 6.52. The van der Waals surface area contributed by atoms with Gasteiger partial charge in [0.05, 0.1) is 28.4 Å². The number of rotatable bonds is 5. The minimum absolute atomic E-state index is 0.185. The van der Waals surface area contributed by atoms with Crippen LogP contribution >= 0.6 is 58.0 Å². The lowest BCUT2D eigenvalue weighted by Crippen LogP contribution is -2.18. The zero-order valence-electron chi connectivity index (χ0n) is 16.1. The molecule has 2 unspecified atom stereocenters. The third-order valence-corrected chi connectivity index (χ3v) is 6.68. The molecule has 0 radical (unpaired) electrons. The molecule has 1 aliphatic carbocycles. The molecule has 2 aromatic carbocycles. The number of pyridine rings is 1. The third-order valence-electron chi connectivity index (χ3n) is 4.98. The third kappa shape index (κ3) is 4.82. The fourth-order valence-electron chi connectivity index (χ4n) is 3.45. The van der Waals surface area contributed by atoms with Gasteiger partial charge < -0.3 is 10.6 Å². The zero-order chi connectivity index (χ0) is 23.0. The molecular weight excluding hydrogens is 516 g/mol. The molecule has 3 aromatic rings. The van der Waals surface area contributed by atoms with Crippen molar-refractivity contribution >= 4 is 81.2 Å². The molecular formula is C22H14Cl5N3O2. The van der Waals surface area contributed by atoms with Gasteiger partial charge in [0.2, 0.25) is 5.91 Å². The van der Waals surface area contributed by atoms with E-state index >= 15 is 0 Å². The summed E-state index contributed by atoms with van der Waals surface area (Å²) in [5.41, 5.74) is 1.73. The van der Waals surface area contributed by atoms with Gasteiger partial charge in [-0.3, -0.25) is 14.6 Å². The lowest BCUT2D eigenvalue weighted by Gasteiger charge is -2.10. The average Bonchev–Trinajstić information content (AvgIpc) is 3.31. The van der Waals surface area contributed by atoms with Crippen LogP contribution in [0.25, 0.3) is 0 Å². The van der Waals surface area contributed by atoms with E-state index in [0.29, 0.717) is 27.0 Å².